The summed E-state index contributed by atoms with van der Waals surface area (Å²) in [6.45, 7) is 0.723. The van der Waals surface area contributed by atoms with Crippen molar-refractivity contribution in [2.45, 2.75) is 44.4 Å². The molecular formula is C22H21F3N2. The van der Waals surface area contributed by atoms with Crippen molar-refractivity contribution in [1.29, 1.82) is 0 Å². The molecule has 0 saturated heterocycles. The number of nitrogens with zero attached hydrogens (tertiary/aromatic N) is 1. The van der Waals surface area contributed by atoms with Gasteiger partial charge in [0.05, 0.1) is 16.8 Å². The molecule has 27 heavy (non-hydrogen) atoms. The van der Waals surface area contributed by atoms with Crippen LogP contribution in [-0.4, -0.2) is 11.0 Å². The lowest BCUT2D eigenvalue weighted by molar-refractivity contribution is -0.137. The fourth-order valence-electron chi connectivity index (χ4n) is 3.75. The van der Waals surface area contributed by atoms with Gasteiger partial charge in [-0.1, -0.05) is 49.2 Å². The first-order valence-corrected chi connectivity index (χ1v) is 9.30. The Morgan fingerprint density at radius 1 is 0.963 bits per heavy atom. The number of nitrogens with one attached hydrogen (secondary N) is 1. The normalized spacial score (nSPS) is 15.5. The number of halogens is 3. The van der Waals surface area contributed by atoms with Crippen LogP contribution >= 0.6 is 0 Å². The van der Waals surface area contributed by atoms with Crippen LogP contribution in [0.1, 0.15) is 36.8 Å². The molecule has 1 aliphatic carbocycles. The van der Waals surface area contributed by atoms with Gasteiger partial charge >= 0.3 is 6.18 Å². The Balaban J connectivity index is 1.67. The fourth-order valence-corrected chi connectivity index (χ4v) is 3.75. The van der Waals surface area contributed by atoms with Crippen molar-refractivity contribution in [2.24, 2.45) is 0 Å². The molecule has 0 unspecified atom stereocenters. The van der Waals surface area contributed by atoms with Gasteiger partial charge in [-0.25, -0.2) is 4.98 Å². The second kappa shape index (κ2) is 7.31. The second-order valence-corrected chi connectivity index (χ2v) is 7.13. The van der Waals surface area contributed by atoms with E-state index in [1.165, 1.54) is 31.7 Å². The molecule has 0 spiro atoms. The van der Waals surface area contributed by atoms with Crippen molar-refractivity contribution in [3.05, 3.63) is 65.7 Å². The molecule has 140 valence electrons. The van der Waals surface area contributed by atoms with Crippen molar-refractivity contribution >= 4 is 10.9 Å². The molecule has 1 aromatic heterocycles. The summed E-state index contributed by atoms with van der Waals surface area (Å²) < 4.78 is 39.1. The average Bonchev–Trinajstić information content (AvgIpc) is 3.19. The number of hydrogen-bond acceptors (Lipinski definition) is 2. The zero-order chi connectivity index (χ0) is 18.9. The quantitative estimate of drug-likeness (QED) is 0.614. The number of benzene rings is 2. The molecule has 4 rings (SSSR count). The van der Waals surface area contributed by atoms with Gasteiger partial charge in [0, 0.05) is 23.5 Å². The van der Waals surface area contributed by atoms with E-state index in [1.54, 1.807) is 12.1 Å². The topological polar surface area (TPSA) is 24.9 Å². The number of hydrogen-bond donors (Lipinski definition) is 1. The molecule has 1 saturated carbocycles. The van der Waals surface area contributed by atoms with Gasteiger partial charge < -0.3 is 5.32 Å². The first-order valence-electron chi connectivity index (χ1n) is 9.30. The van der Waals surface area contributed by atoms with Crippen LogP contribution in [0.5, 0.6) is 0 Å². The zero-order valence-corrected chi connectivity index (χ0v) is 14.9. The van der Waals surface area contributed by atoms with E-state index in [1.807, 2.05) is 24.3 Å². The minimum Gasteiger partial charge on any atom is -0.310 e. The molecule has 1 fully saturated rings. The Hall–Kier alpha value is -2.40. The Labute approximate surface area is 156 Å². The molecule has 0 amide bonds. The van der Waals surface area contributed by atoms with E-state index >= 15 is 0 Å². The lowest BCUT2D eigenvalue weighted by atomic mass is 10.0. The van der Waals surface area contributed by atoms with Crippen LogP contribution in [0, 0.1) is 0 Å². The lowest BCUT2D eigenvalue weighted by Gasteiger charge is -2.14. The van der Waals surface area contributed by atoms with Crippen LogP contribution in [0.25, 0.3) is 22.2 Å². The number of alkyl halides is 3. The van der Waals surface area contributed by atoms with Crippen molar-refractivity contribution in [3.63, 3.8) is 0 Å². The first-order chi connectivity index (χ1) is 13.0. The van der Waals surface area contributed by atoms with E-state index in [2.05, 4.69) is 5.32 Å². The Kier molecular flexibility index (Phi) is 4.87. The summed E-state index contributed by atoms with van der Waals surface area (Å²) >= 11 is 0. The molecular weight excluding hydrogens is 349 g/mol. The average molecular weight is 370 g/mol. The summed E-state index contributed by atoms with van der Waals surface area (Å²) in [6.07, 6.45) is 0.584. The lowest BCUT2D eigenvalue weighted by Crippen LogP contribution is -2.25. The summed E-state index contributed by atoms with van der Waals surface area (Å²) in [6, 6.07) is 15.6. The van der Waals surface area contributed by atoms with Crippen molar-refractivity contribution in [2.75, 3.05) is 0 Å². The van der Waals surface area contributed by atoms with Crippen LogP contribution in [0.3, 0.4) is 0 Å². The molecule has 0 radical (unpaired) electrons. The van der Waals surface area contributed by atoms with Gasteiger partial charge in [0.2, 0.25) is 0 Å². The summed E-state index contributed by atoms with van der Waals surface area (Å²) in [7, 11) is 0. The Morgan fingerprint density at radius 2 is 1.74 bits per heavy atom. The van der Waals surface area contributed by atoms with Gasteiger partial charge in [-0.3, -0.25) is 0 Å². The van der Waals surface area contributed by atoms with Crippen LogP contribution in [-0.2, 0) is 12.7 Å². The molecule has 0 aliphatic heterocycles. The van der Waals surface area contributed by atoms with Gasteiger partial charge in [-0.2, -0.15) is 13.2 Å². The number of para-hydroxylation sites is 1. The standard InChI is InChI=1S/C22H21F3N2/c23-22(24,25)18-8-4-6-16(13-18)20-12-11-15-5-3-7-17(21(15)27-20)14-26-19-9-1-2-10-19/h3-8,11-13,19,26H,1-2,9-10,14H2. The summed E-state index contributed by atoms with van der Waals surface area (Å²) in [5.74, 6) is 0. The third-order valence-electron chi connectivity index (χ3n) is 5.23. The van der Waals surface area contributed by atoms with Gasteiger partial charge in [0.25, 0.3) is 0 Å². The maximum atomic E-state index is 13.0. The van der Waals surface area contributed by atoms with Gasteiger partial charge in [0.1, 0.15) is 0 Å². The fraction of sp³-hybridized carbons (Fsp3) is 0.318. The molecule has 0 bridgehead atoms. The van der Waals surface area contributed by atoms with Gasteiger partial charge in [0.15, 0.2) is 0 Å². The Morgan fingerprint density at radius 3 is 2.52 bits per heavy atom. The number of aromatic nitrogens is 1. The minimum absolute atomic E-state index is 0.477. The molecule has 2 nitrogen and oxygen atoms in total. The molecule has 1 N–H and O–H groups in total. The minimum atomic E-state index is -4.36. The third kappa shape index (κ3) is 3.98. The first kappa shape index (κ1) is 18.0. The monoisotopic (exact) mass is 370 g/mol. The van der Waals surface area contributed by atoms with Crippen LogP contribution in [0.2, 0.25) is 0 Å². The highest BCUT2D eigenvalue weighted by atomic mass is 19.4. The maximum absolute atomic E-state index is 13.0. The van der Waals surface area contributed by atoms with E-state index < -0.39 is 11.7 Å². The van der Waals surface area contributed by atoms with Crippen LogP contribution in [0.4, 0.5) is 13.2 Å². The zero-order valence-electron chi connectivity index (χ0n) is 14.9. The van der Waals surface area contributed by atoms with Crippen LogP contribution in [0.15, 0.2) is 54.6 Å². The molecule has 3 aromatic rings. The second-order valence-electron chi connectivity index (χ2n) is 7.13. The highest BCUT2D eigenvalue weighted by Gasteiger charge is 2.30. The van der Waals surface area contributed by atoms with Crippen molar-refractivity contribution in [3.8, 4) is 11.3 Å². The van der Waals surface area contributed by atoms with E-state index in [-0.39, 0.29) is 0 Å². The van der Waals surface area contributed by atoms with Crippen molar-refractivity contribution < 1.29 is 13.2 Å². The highest BCUT2D eigenvalue weighted by Crippen LogP contribution is 2.32. The van der Waals surface area contributed by atoms with Crippen LogP contribution < -0.4 is 5.32 Å². The third-order valence-corrected chi connectivity index (χ3v) is 5.23. The summed E-state index contributed by atoms with van der Waals surface area (Å²) in [4.78, 5) is 4.71. The predicted molar refractivity (Wildman–Crippen MR) is 101 cm³/mol. The smallest absolute Gasteiger partial charge is 0.310 e. The predicted octanol–water partition coefficient (Wildman–Crippen LogP) is 5.95. The van der Waals surface area contributed by atoms with Crippen molar-refractivity contribution in [1.82, 2.24) is 10.3 Å². The SMILES string of the molecule is FC(F)(F)c1cccc(-c2ccc3cccc(CNC4CCCC4)c3n2)c1. The van der Waals surface area contributed by atoms with E-state index in [0.717, 1.165) is 35.1 Å². The van der Waals surface area contributed by atoms with E-state index in [0.29, 0.717) is 17.3 Å². The largest absolute Gasteiger partial charge is 0.416 e. The van der Waals surface area contributed by atoms with E-state index in [4.69, 9.17) is 4.98 Å². The molecule has 2 aromatic carbocycles. The number of fused-ring (bicyclic) bond motifs is 1. The Bertz CT molecular complexity index is 944. The summed E-state index contributed by atoms with van der Waals surface area (Å²) in [5, 5.41) is 4.59. The summed E-state index contributed by atoms with van der Waals surface area (Å²) in [5.41, 5.74) is 2.30. The number of rotatable bonds is 4. The molecule has 5 heteroatoms. The van der Waals surface area contributed by atoms with Gasteiger partial charge in [-0.05, 0) is 36.6 Å². The molecule has 1 aliphatic rings. The molecule has 0 atom stereocenters. The molecule has 1 heterocycles. The van der Waals surface area contributed by atoms with E-state index in [9.17, 15) is 13.2 Å². The van der Waals surface area contributed by atoms with Gasteiger partial charge in [-0.15, -0.1) is 0 Å². The number of pyridine rings is 1. The highest BCUT2D eigenvalue weighted by molar-refractivity contribution is 5.84. The maximum Gasteiger partial charge on any atom is 0.416 e.